The Hall–Kier alpha value is -2.81. The van der Waals surface area contributed by atoms with Gasteiger partial charge < -0.3 is 24.6 Å². The van der Waals surface area contributed by atoms with Gasteiger partial charge in [-0.25, -0.2) is 14.8 Å². The molecule has 174 valence electrons. The molecule has 1 heterocycles. The summed E-state index contributed by atoms with van der Waals surface area (Å²) in [6.07, 6.45) is 2.20. The molecule has 1 aliphatic carbocycles. The molecule has 2 N–H and O–H groups in total. The number of halogens is 2. The van der Waals surface area contributed by atoms with Gasteiger partial charge in [0.05, 0.1) is 43.0 Å². The van der Waals surface area contributed by atoms with E-state index in [1.807, 2.05) is 18.2 Å². The lowest BCUT2D eigenvalue weighted by atomic mass is 9.98. The van der Waals surface area contributed by atoms with Crippen LogP contribution in [0.5, 0.6) is 11.5 Å². The Morgan fingerprint density at radius 3 is 2.42 bits per heavy atom. The van der Waals surface area contributed by atoms with Crippen LogP contribution in [0.2, 0.25) is 10.0 Å². The SMILES string of the molecule is COC(=O)C1(Nc2ncc3cc(-c4c(Cl)c(OC)cc(OC)c4Cl)ccc3n2)CCC(O)C1. The van der Waals surface area contributed by atoms with Crippen LogP contribution in [0.4, 0.5) is 5.95 Å². The smallest absolute Gasteiger partial charge is 0.331 e. The highest BCUT2D eigenvalue weighted by atomic mass is 35.5. The summed E-state index contributed by atoms with van der Waals surface area (Å²) in [5, 5.41) is 14.5. The summed E-state index contributed by atoms with van der Waals surface area (Å²) >= 11 is 13.1. The van der Waals surface area contributed by atoms with Crippen LogP contribution in [0, 0.1) is 0 Å². The van der Waals surface area contributed by atoms with Gasteiger partial charge in [0, 0.05) is 29.6 Å². The molecule has 2 unspecified atom stereocenters. The van der Waals surface area contributed by atoms with E-state index in [2.05, 4.69) is 15.3 Å². The van der Waals surface area contributed by atoms with E-state index in [0.29, 0.717) is 45.5 Å². The fraction of sp³-hybridized carbons (Fsp3) is 0.348. The second-order valence-electron chi connectivity index (χ2n) is 7.85. The number of anilines is 1. The van der Waals surface area contributed by atoms with Crippen molar-refractivity contribution in [3.8, 4) is 22.6 Å². The molecule has 1 fully saturated rings. The number of esters is 1. The van der Waals surface area contributed by atoms with E-state index in [9.17, 15) is 9.90 Å². The third kappa shape index (κ3) is 4.26. The number of hydrogen-bond acceptors (Lipinski definition) is 8. The Balaban J connectivity index is 1.72. The molecule has 0 bridgehead atoms. The lowest BCUT2D eigenvalue weighted by molar-refractivity contribution is -0.146. The maximum absolute atomic E-state index is 12.4. The summed E-state index contributed by atoms with van der Waals surface area (Å²) in [4.78, 5) is 21.3. The fourth-order valence-corrected chi connectivity index (χ4v) is 4.89. The Labute approximate surface area is 200 Å². The van der Waals surface area contributed by atoms with Crippen molar-refractivity contribution >= 4 is 46.0 Å². The topological polar surface area (TPSA) is 103 Å². The average Bonchev–Trinajstić information content (AvgIpc) is 3.20. The first-order valence-electron chi connectivity index (χ1n) is 10.2. The minimum absolute atomic E-state index is 0.231. The minimum atomic E-state index is -1.06. The third-order valence-electron chi connectivity index (χ3n) is 5.86. The lowest BCUT2D eigenvalue weighted by Crippen LogP contribution is -2.45. The monoisotopic (exact) mass is 491 g/mol. The van der Waals surface area contributed by atoms with Gasteiger partial charge in [0.15, 0.2) is 0 Å². The zero-order chi connectivity index (χ0) is 23.8. The van der Waals surface area contributed by atoms with Crippen LogP contribution in [0.25, 0.3) is 22.0 Å². The van der Waals surface area contributed by atoms with E-state index in [1.165, 1.54) is 21.3 Å². The molecule has 0 radical (unpaired) electrons. The predicted octanol–water partition coefficient (Wildman–Crippen LogP) is 4.49. The van der Waals surface area contributed by atoms with Crippen molar-refractivity contribution in [1.29, 1.82) is 0 Å². The van der Waals surface area contributed by atoms with E-state index in [0.717, 1.165) is 10.9 Å². The number of rotatable bonds is 6. The number of hydrogen-bond donors (Lipinski definition) is 2. The summed E-state index contributed by atoms with van der Waals surface area (Å²) in [6.45, 7) is 0. The predicted molar refractivity (Wildman–Crippen MR) is 126 cm³/mol. The van der Waals surface area contributed by atoms with Gasteiger partial charge in [-0.05, 0) is 30.5 Å². The number of nitrogens with zero attached hydrogens (tertiary/aromatic N) is 2. The van der Waals surface area contributed by atoms with Crippen LogP contribution >= 0.6 is 23.2 Å². The van der Waals surface area contributed by atoms with Crippen molar-refractivity contribution in [1.82, 2.24) is 9.97 Å². The van der Waals surface area contributed by atoms with Crippen molar-refractivity contribution in [3.63, 3.8) is 0 Å². The van der Waals surface area contributed by atoms with Crippen molar-refractivity contribution < 1.29 is 24.1 Å². The molecule has 33 heavy (non-hydrogen) atoms. The van der Waals surface area contributed by atoms with E-state index < -0.39 is 17.6 Å². The number of aliphatic hydroxyl groups excluding tert-OH is 1. The number of benzene rings is 2. The Morgan fingerprint density at radius 1 is 1.15 bits per heavy atom. The Bertz CT molecular complexity index is 1190. The first-order valence-corrected chi connectivity index (χ1v) is 11.0. The standard InChI is InChI=1S/C23H23Cl2N3O5/c1-31-16-9-17(32-2)20(25)18(19(16)24)12-4-5-15-13(8-12)11-26-22(27-15)28-23(21(30)33-3)7-6-14(29)10-23/h4-5,8-9,11,14,29H,6-7,10H2,1-3H3,(H,26,27,28). The van der Waals surface area contributed by atoms with Gasteiger partial charge in [-0.15, -0.1) is 0 Å². The highest BCUT2D eigenvalue weighted by Crippen LogP contribution is 2.46. The molecule has 3 aromatic rings. The van der Waals surface area contributed by atoms with Crippen LogP contribution in [-0.2, 0) is 9.53 Å². The molecule has 2 atom stereocenters. The summed E-state index contributed by atoms with van der Waals surface area (Å²) in [5.74, 6) is 0.703. The lowest BCUT2D eigenvalue weighted by Gasteiger charge is -2.27. The van der Waals surface area contributed by atoms with Gasteiger partial charge in [-0.2, -0.15) is 0 Å². The van der Waals surface area contributed by atoms with E-state index in [4.69, 9.17) is 37.4 Å². The number of fused-ring (bicyclic) bond motifs is 1. The maximum Gasteiger partial charge on any atom is 0.331 e. The number of aliphatic hydroxyl groups is 1. The number of ether oxygens (including phenoxy) is 3. The quantitative estimate of drug-likeness (QED) is 0.486. The van der Waals surface area contributed by atoms with Crippen molar-refractivity contribution in [2.75, 3.05) is 26.6 Å². The summed E-state index contributed by atoms with van der Waals surface area (Å²) in [7, 11) is 4.36. The fourth-order valence-electron chi connectivity index (χ4n) is 4.17. The molecule has 0 aliphatic heterocycles. The number of carbonyl (C=O) groups excluding carboxylic acids is 1. The molecule has 8 nitrogen and oxygen atoms in total. The minimum Gasteiger partial charge on any atom is -0.495 e. The molecular weight excluding hydrogens is 469 g/mol. The molecule has 2 aromatic carbocycles. The molecule has 4 rings (SSSR count). The molecule has 10 heteroatoms. The second kappa shape index (κ2) is 9.21. The van der Waals surface area contributed by atoms with Crippen LogP contribution in [0.15, 0.2) is 30.5 Å². The number of carbonyl (C=O) groups is 1. The number of methoxy groups -OCH3 is 3. The van der Waals surface area contributed by atoms with Crippen molar-refractivity contribution in [3.05, 3.63) is 40.5 Å². The molecule has 0 spiro atoms. The summed E-state index contributed by atoms with van der Waals surface area (Å²) in [5.41, 5.74) is 0.907. The van der Waals surface area contributed by atoms with Gasteiger partial charge in [-0.3, -0.25) is 0 Å². The average molecular weight is 492 g/mol. The molecule has 1 saturated carbocycles. The zero-order valence-corrected chi connectivity index (χ0v) is 19.8. The van der Waals surface area contributed by atoms with Crippen molar-refractivity contribution in [2.45, 2.75) is 30.9 Å². The highest BCUT2D eigenvalue weighted by Gasteiger charge is 2.46. The molecular formula is C23H23Cl2N3O5. The molecule has 0 amide bonds. The summed E-state index contributed by atoms with van der Waals surface area (Å²) in [6, 6.07) is 7.14. The third-order valence-corrected chi connectivity index (χ3v) is 6.61. The van der Waals surface area contributed by atoms with Crippen LogP contribution in [0.1, 0.15) is 19.3 Å². The number of nitrogens with one attached hydrogen (secondary N) is 1. The van der Waals surface area contributed by atoms with Crippen LogP contribution < -0.4 is 14.8 Å². The summed E-state index contributed by atoms with van der Waals surface area (Å²) < 4.78 is 15.7. The molecule has 1 aliphatic rings. The normalized spacial score (nSPS) is 20.0. The van der Waals surface area contributed by atoms with Gasteiger partial charge in [0.1, 0.15) is 17.0 Å². The first-order chi connectivity index (χ1) is 15.8. The van der Waals surface area contributed by atoms with E-state index in [-0.39, 0.29) is 12.4 Å². The second-order valence-corrected chi connectivity index (χ2v) is 8.60. The Morgan fingerprint density at radius 2 is 1.85 bits per heavy atom. The largest absolute Gasteiger partial charge is 0.495 e. The van der Waals surface area contributed by atoms with Crippen LogP contribution in [0.3, 0.4) is 0 Å². The Kier molecular flexibility index (Phi) is 6.52. The van der Waals surface area contributed by atoms with Crippen LogP contribution in [-0.4, -0.2) is 54.0 Å². The first kappa shape index (κ1) is 23.4. The zero-order valence-electron chi connectivity index (χ0n) is 18.3. The molecule has 0 saturated heterocycles. The maximum atomic E-state index is 12.4. The highest BCUT2D eigenvalue weighted by molar-refractivity contribution is 6.41. The van der Waals surface area contributed by atoms with Gasteiger partial charge >= 0.3 is 5.97 Å². The van der Waals surface area contributed by atoms with E-state index in [1.54, 1.807) is 12.3 Å². The van der Waals surface area contributed by atoms with Gasteiger partial charge in [-0.1, -0.05) is 29.3 Å². The number of aromatic nitrogens is 2. The van der Waals surface area contributed by atoms with Crippen molar-refractivity contribution in [2.24, 2.45) is 0 Å². The van der Waals surface area contributed by atoms with E-state index >= 15 is 0 Å². The van der Waals surface area contributed by atoms with Gasteiger partial charge in [0.2, 0.25) is 5.95 Å². The van der Waals surface area contributed by atoms with Gasteiger partial charge in [0.25, 0.3) is 0 Å². The molecule has 1 aromatic heterocycles.